The molecule has 5 nitrogen and oxygen atoms in total. The van der Waals surface area contributed by atoms with Crippen LogP contribution in [0, 0.1) is 12.3 Å². The summed E-state index contributed by atoms with van der Waals surface area (Å²) >= 11 is 0. The molecule has 7 heteroatoms. The molecule has 0 saturated heterocycles. The van der Waals surface area contributed by atoms with Crippen molar-refractivity contribution in [1.82, 2.24) is 4.72 Å². The van der Waals surface area contributed by atoms with E-state index in [1.807, 2.05) is 0 Å². The van der Waals surface area contributed by atoms with Crippen molar-refractivity contribution in [1.29, 1.82) is 0 Å². The third-order valence-electron chi connectivity index (χ3n) is 1.33. The minimum absolute atomic E-state index is 0.403. The molecule has 0 saturated carbocycles. The van der Waals surface area contributed by atoms with Crippen LogP contribution in [-0.4, -0.2) is 40.6 Å². The molecule has 0 radical (unpaired) electrons. The zero-order valence-corrected chi connectivity index (χ0v) is 9.65. The van der Waals surface area contributed by atoms with E-state index in [2.05, 4.69) is 10.6 Å². The van der Waals surface area contributed by atoms with Gasteiger partial charge in [0.25, 0.3) is 0 Å². The Hall–Kier alpha value is -0.580. The summed E-state index contributed by atoms with van der Waals surface area (Å²) in [4.78, 5) is 0. The second-order valence-electron chi connectivity index (χ2n) is 2.95. The van der Waals surface area contributed by atoms with E-state index in [1.54, 1.807) is 0 Å². The predicted molar refractivity (Wildman–Crippen MR) is 54.9 cm³/mol. The summed E-state index contributed by atoms with van der Waals surface area (Å²) in [6, 6.07) is -0.625. The van der Waals surface area contributed by atoms with Gasteiger partial charge in [-0.15, -0.1) is 6.42 Å². The molecule has 0 bridgehead atoms. The number of sulfonamides is 1. The summed E-state index contributed by atoms with van der Waals surface area (Å²) in [5.74, 6) is 1.31. The Kier molecular flexibility index (Phi) is 4.58. The molecule has 0 rings (SSSR count). The van der Waals surface area contributed by atoms with Gasteiger partial charge in [-0.1, -0.05) is 5.92 Å². The molecule has 82 valence electrons. The lowest BCUT2D eigenvalue weighted by molar-refractivity contribution is 0.575. The van der Waals surface area contributed by atoms with Gasteiger partial charge in [0.05, 0.1) is 17.5 Å². The van der Waals surface area contributed by atoms with Crippen molar-refractivity contribution in [2.45, 2.75) is 13.0 Å². The number of hydrogen-bond donors (Lipinski definition) is 1. The largest absolute Gasteiger partial charge is 0.229 e. The molecule has 0 amide bonds. The molecule has 0 aromatic heterocycles. The molecule has 0 aromatic rings. The van der Waals surface area contributed by atoms with Gasteiger partial charge in [0.2, 0.25) is 10.0 Å². The fourth-order valence-corrected chi connectivity index (χ4v) is 3.44. The second kappa shape index (κ2) is 4.77. The van der Waals surface area contributed by atoms with Crippen LogP contribution in [-0.2, 0) is 19.9 Å². The van der Waals surface area contributed by atoms with Gasteiger partial charge in [-0.2, -0.15) is 0 Å². The van der Waals surface area contributed by atoms with Crippen molar-refractivity contribution in [3.05, 3.63) is 0 Å². The SMILES string of the molecule is C#CC(C)NS(=O)(=O)CCS(C)(=O)=O. The van der Waals surface area contributed by atoms with Crippen LogP contribution in [0.15, 0.2) is 0 Å². The summed E-state index contributed by atoms with van der Waals surface area (Å²) in [6.45, 7) is 1.50. The van der Waals surface area contributed by atoms with Gasteiger partial charge in [0.1, 0.15) is 9.84 Å². The third-order valence-corrected chi connectivity index (χ3v) is 3.99. The van der Waals surface area contributed by atoms with Crippen LogP contribution in [0.3, 0.4) is 0 Å². The highest BCUT2D eigenvalue weighted by atomic mass is 32.2. The molecule has 0 aliphatic rings. The van der Waals surface area contributed by atoms with Gasteiger partial charge < -0.3 is 0 Å². The molecule has 1 unspecified atom stereocenters. The Morgan fingerprint density at radius 3 is 2.14 bits per heavy atom. The van der Waals surface area contributed by atoms with Crippen molar-refractivity contribution in [3.63, 3.8) is 0 Å². The lowest BCUT2D eigenvalue weighted by Crippen LogP contribution is -2.35. The minimum atomic E-state index is -3.60. The first kappa shape index (κ1) is 13.4. The summed E-state index contributed by atoms with van der Waals surface area (Å²) in [7, 11) is -6.87. The van der Waals surface area contributed by atoms with E-state index in [4.69, 9.17) is 6.42 Å². The van der Waals surface area contributed by atoms with Gasteiger partial charge in [0.15, 0.2) is 0 Å². The van der Waals surface area contributed by atoms with Gasteiger partial charge in [0, 0.05) is 6.26 Å². The molecule has 1 atom stereocenters. The highest BCUT2D eigenvalue weighted by Gasteiger charge is 2.15. The standard InChI is InChI=1S/C7H13NO4S2/c1-4-7(2)8-14(11,12)6-5-13(3,9)10/h1,7-8H,5-6H2,2-3H3. The first-order valence-electron chi connectivity index (χ1n) is 3.80. The van der Waals surface area contributed by atoms with Crippen LogP contribution >= 0.6 is 0 Å². The van der Waals surface area contributed by atoms with Crippen LogP contribution in [0.5, 0.6) is 0 Å². The topological polar surface area (TPSA) is 80.3 Å². The lowest BCUT2D eigenvalue weighted by Gasteiger charge is -2.07. The summed E-state index contributed by atoms with van der Waals surface area (Å²) < 4.78 is 45.9. The molecule has 1 N–H and O–H groups in total. The molecule has 0 fully saturated rings. The molecule has 0 heterocycles. The Morgan fingerprint density at radius 1 is 1.29 bits per heavy atom. The molecule has 0 aromatic carbocycles. The van der Waals surface area contributed by atoms with Crippen LogP contribution in [0.1, 0.15) is 6.92 Å². The molecular formula is C7H13NO4S2. The van der Waals surface area contributed by atoms with E-state index in [0.29, 0.717) is 0 Å². The number of hydrogen-bond acceptors (Lipinski definition) is 4. The van der Waals surface area contributed by atoms with Gasteiger partial charge in [-0.3, -0.25) is 0 Å². The quantitative estimate of drug-likeness (QED) is 0.622. The third kappa shape index (κ3) is 6.88. The normalized spacial score (nSPS) is 14.6. The molecule has 0 aliphatic carbocycles. The van der Waals surface area contributed by atoms with Crippen molar-refractivity contribution >= 4 is 19.9 Å². The second-order valence-corrected chi connectivity index (χ2v) is 7.09. The minimum Gasteiger partial charge on any atom is -0.229 e. The van der Waals surface area contributed by atoms with E-state index >= 15 is 0 Å². The Labute approximate surface area is 84.9 Å². The number of sulfone groups is 1. The smallest absolute Gasteiger partial charge is 0.213 e. The predicted octanol–water partition coefficient (Wildman–Crippen LogP) is -1.03. The molecular weight excluding hydrogens is 226 g/mol. The fourth-order valence-electron chi connectivity index (χ4n) is 0.623. The first-order valence-corrected chi connectivity index (χ1v) is 7.51. The van der Waals surface area contributed by atoms with E-state index in [1.165, 1.54) is 6.92 Å². The van der Waals surface area contributed by atoms with E-state index in [-0.39, 0.29) is 0 Å². The van der Waals surface area contributed by atoms with Crippen LogP contribution in [0.25, 0.3) is 0 Å². The van der Waals surface area contributed by atoms with Crippen LogP contribution in [0.2, 0.25) is 0 Å². The highest BCUT2D eigenvalue weighted by molar-refractivity contribution is 7.93. The average molecular weight is 239 g/mol. The van der Waals surface area contributed by atoms with Gasteiger partial charge in [-0.25, -0.2) is 21.6 Å². The Balaban J connectivity index is 4.33. The van der Waals surface area contributed by atoms with Gasteiger partial charge in [-0.05, 0) is 6.92 Å². The number of nitrogens with one attached hydrogen (secondary N) is 1. The van der Waals surface area contributed by atoms with Crippen LogP contribution in [0.4, 0.5) is 0 Å². The lowest BCUT2D eigenvalue weighted by atomic mass is 10.4. The fraction of sp³-hybridized carbons (Fsp3) is 0.714. The maximum Gasteiger partial charge on any atom is 0.213 e. The van der Waals surface area contributed by atoms with Crippen molar-refractivity contribution in [3.8, 4) is 12.3 Å². The van der Waals surface area contributed by atoms with E-state index in [0.717, 1.165) is 6.26 Å². The maximum atomic E-state index is 11.2. The van der Waals surface area contributed by atoms with Crippen molar-refractivity contribution in [2.24, 2.45) is 0 Å². The van der Waals surface area contributed by atoms with Crippen LogP contribution < -0.4 is 4.72 Å². The zero-order chi connectivity index (χ0) is 11.4. The Morgan fingerprint density at radius 2 is 1.79 bits per heavy atom. The zero-order valence-electron chi connectivity index (χ0n) is 8.02. The average Bonchev–Trinajstić information content (AvgIpc) is 1.99. The van der Waals surface area contributed by atoms with E-state index < -0.39 is 37.4 Å². The maximum absolute atomic E-state index is 11.2. The monoisotopic (exact) mass is 239 g/mol. The van der Waals surface area contributed by atoms with E-state index in [9.17, 15) is 16.8 Å². The summed E-state index contributed by atoms with van der Waals surface area (Å²) in [5.41, 5.74) is 0. The molecule has 14 heavy (non-hydrogen) atoms. The highest BCUT2D eigenvalue weighted by Crippen LogP contribution is 1.92. The molecule has 0 aliphatic heterocycles. The van der Waals surface area contributed by atoms with Crippen molar-refractivity contribution in [2.75, 3.05) is 17.8 Å². The van der Waals surface area contributed by atoms with Gasteiger partial charge >= 0.3 is 0 Å². The summed E-state index contributed by atoms with van der Waals surface area (Å²) in [6.07, 6.45) is 5.95. The molecule has 0 spiro atoms. The summed E-state index contributed by atoms with van der Waals surface area (Å²) in [5, 5.41) is 0. The number of rotatable bonds is 5. The first-order chi connectivity index (χ1) is 6.16. The Bertz CT molecular complexity index is 415. The number of terminal acetylenes is 1. The van der Waals surface area contributed by atoms with Crippen molar-refractivity contribution < 1.29 is 16.8 Å².